The van der Waals surface area contributed by atoms with Crippen LogP contribution in [-0.2, 0) is 16.0 Å². The van der Waals surface area contributed by atoms with Crippen LogP contribution in [0.1, 0.15) is 5.56 Å². The second-order valence-corrected chi connectivity index (χ2v) is 7.26. The van der Waals surface area contributed by atoms with Crippen LogP contribution in [0.4, 0.5) is 0 Å². The molecule has 1 heterocycles. The van der Waals surface area contributed by atoms with Gasteiger partial charge in [0.05, 0.1) is 38.6 Å². The number of rotatable bonds is 11. The minimum atomic E-state index is -0.520. The molecule has 1 N–H and O–H groups in total. The molecule has 0 saturated carbocycles. The van der Waals surface area contributed by atoms with E-state index in [1.54, 1.807) is 57.7 Å². The summed E-state index contributed by atoms with van der Waals surface area (Å²) in [4.78, 5) is 15.0. The monoisotopic (exact) mass is 443 g/mol. The van der Waals surface area contributed by atoms with Gasteiger partial charge >= 0.3 is 5.63 Å². The van der Waals surface area contributed by atoms with Crippen LogP contribution in [0, 0.1) is 0 Å². The van der Waals surface area contributed by atoms with Crippen molar-refractivity contribution in [2.45, 2.75) is 6.54 Å². The van der Waals surface area contributed by atoms with Crippen molar-refractivity contribution >= 4 is 11.0 Å². The van der Waals surface area contributed by atoms with Crippen molar-refractivity contribution in [1.29, 1.82) is 0 Å². The Morgan fingerprint density at radius 2 is 1.62 bits per heavy atom. The standard InChI is InChI=1S/C24H29NO7/c1-28-11-9-25(10-12-29-2)15-20-21(26)8-5-16-13-19(24(27)32-23(16)20)18-7-6-17(30-3)14-22(18)31-4/h5-8,13-14,26H,9-12,15H2,1-4H3. The molecule has 0 aliphatic rings. The zero-order chi connectivity index (χ0) is 23.1. The van der Waals surface area contributed by atoms with Gasteiger partial charge in [-0.05, 0) is 30.3 Å². The first-order chi connectivity index (χ1) is 15.5. The zero-order valence-electron chi connectivity index (χ0n) is 18.8. The van der Waals surface area contributed by atoms with E-state index in [2.05, 4.69) is 4.90 Å². The van der Waals surface area contributed by atoms with Gasteiger partial charge in [0, 0.05) is 50.9 Å². The first kappa shape index (κ1) is 23.6. The van der Waals surface area contributed by atoms with E-state index in [1.807, 2.05) is 0 Å². The average molecular weight is 443 g/mol. The third-order valence-electron chi connectivity index (χ3n) is 5.28. The molecule has 172 valence electrons. The van der Waals surface area contributed by atoms with E-state index in [9.17, 15) is 9.90 Å². The van der Waals surface area contributed by atoms with Gasteiger partial charge in [0.2, 0.25) is 0 Å². The highest BCUT2D eigenvalue weighted by Gasteiger charge is 2.18. The highest BCUT2D eigenvalue weighted by atomic mass is 16.5. The van der Waals surface area contributed by atoms with Crippen molar-refractivity contribution in [1.82, 2.24) is 4.90 Å². The minimum Gasteiger partial charge on any atom is -0.507 e. The quantitative estimate of drug-likeness (QED) is 0.452. The summed E-state index contributed by atoms with van der Waals surface area (Å²) in [6.07, 6.45) is 0. The maximum absolute atomic E-state index is 13.0. The van der Waals surface area contributed by atoms with Gasteiger partial charge in [-0.2, -0.15) is 0 Å². The molecule has 8 heteroatoms. The van der Waals surface area contributed by atoms with Crippen LogP contribution in [0.2, 0.25) is 0 Å². The lowest BCUT2D eigenvalue weighted by atomic mass is 10.0. The Kier molecular flexibility index (Phi) is 8.10. The summed E-state index contributed by atoms with van der Waals surface area (Å²) in [6.45, 7) is 2.72. The Bertz CT molecular complexity index is 1100. The summed E-state index contributed by atoms with van der Waals surface area (Å²) in [7, 11) is 6.37. The summed E-state index contributed by atoms with van der Waals surface area (Å²) >= 11 is 0. The molecule has 0 radical (unpaired) electrons. The van der Waals surface area contributed by atoms with Crippen LogP contribution in [0.25, 0.3) is 22.1 Å². The maximum Gasteiger partial charge on any atom is 0.344 e. The molecule has 8 nitrogen and oxygen atoms in total. The van der Waals surface area contributed by atoms with E-state index in [1.165, 1.54) is 7.11 Å². The van der Waals surface area contributed by atoms with Gasteiger partial charge in [-0.15, -0.1) is 0 Å². The molecule has 1 aromatic heterocycles. The predicted molar refractivity (Wildman–Crippen MR) is 122 cm³/mol. The number of ether oxygens (including phenoxy) is 4. The fourth-order valence-electron chi connectivity index (χ4n) is 3.53. The summed E-state index contributed by atoms with van der Waals surface area (Å²) in [6, 6.07) is 10.3. The molecule has 0 unspecified atom stereocenters. The second kappa shape index (κ2) is 11.0. The Morgan fingerprint density at radius 1 is 0.906 bits per heavy atom. The lowest BCUT2D eigenvalue weighted by Gasteiger charge is -2.22. The third-order valence-corrected chi connectivity index (χ3v) is 5.28. The lowest BCUT2D eigenvalue weighted by Crippen LogP contribution is -2.30. The van der Waals surface area contributed by atoms with E-state index in [4.69, 9.17) is 23.4 Å². The Hall–Kier alpha value is -3.07. The third kappa shape index (κ3) is 5.21. The summed E-state index contributed by atoms with van der Waals surface area (Å²) in [5.41, 5.74) is 1.34. The molecule has 0 bridgehead atoms. The topological polar surface area (TPSA) is 90.6 Å². The number of hydrogen-bond donors (Lipinski definition) is 1. The van der Waals surface area contributed by atoms with E-state index >= 15 is 0 Å². The Morgan fingerprint density at radius 3 is 2.25 bits per heavy atom. The summed E-state index contributed by atoms with van der Waals surface area (Å²) in [5.74, 6) is 1.19. The first-order valence-corrected chi connectivity index (χ1v) is 10.2. The average Bonchev–Trinajstić information content (AvgIpc) is 2.81. The predicted octanol–water partition coefficient (Wildman–Crippen LogP) is 3.28. The van der Waals surface area contributed by atoms with E-state index in [-0.39, 0.29) is 5.75 Å². The molecule has 0 spiro atoms. The van der Waals surface area contributed by atoms with Gasteiger partial charge in [0.1, 0.15) is 22.8 Å². The van der Waals surface area contributed by atoms with E-state index in [0.717, 1.165) is 0 Å². The van der Waals surface area contributed by atoms with Crippen molar-refractivity contribution < 1.29 is 28.5 Å². The maximum atomic E-state index is 13.0. The molecule has 0 atom stereocenters. The smallest absolute Gasteiger partial charge is 0.344 e. The number of phenolic OH excluding ortho intramolecular Hbond substituents is 1. The van der Waals surface area contributed by atoms with Crippen LogP contribution in [0.15, 0.2) is 45.6 Å². The van der Waals surface area contributed by atoms with Crippen LogP contribution in [-0.4, -0.2) is 64.7 Å². The zero-order valence-corrected chi connectivity index (χ0v) is 18.8. The molecule has 3 aromatic rings. The number of phenols is 1. The number of benzene rings is 2. The van der Waals surface area contributed by atoms with Crippen LogP contribution < -0.4 is 15.1 Å². The van der Waals surface area contributed by atoms with Gasteiger partial charge in [0.25, 0.3) is 0 Å². The van der Waals surface area contributed by atoms with Crippen LogP contribution in [0.5, 0.6) is 17.2 Å². The van der Waals surface area contributed by atoms with Crippen molar-refractivity contribution in [3.8, 4) is 28.4 Å². The number of fused-ring (bicyclic) bond motifs is 1. The van der Waals surface area contributed by atoms with Gasteiger partial charge in [-0.25, -0.2) is 4.79 Å². The largest absolute Gasteiger partial charge is 0.507 e. The Labute approximate surface area is 186 Å². The molecule has 2 aromatic carbocycles. The molecule has 32 heavy (non-hydrogen) atoms. The van der Waals surface area contributed by atoms with Crippen molar-refractivity contribution in [2.24, 2.45) is 0 Å². The number of hydrogen-bond acceptors (Lipinski definition) is 8. The van der Waals surface area contributed by atoms with Crippen LogP contribution in [0.3, 0.4) is 0 Å². The molecular weight excluding hydrogens is 414 g/mol. The van der Waals surface area contributed by atoms with Gasteiger partial charge in [-0.1, -0.05) is 0 Å². The fraction of sp³-hybridized carbons (Fsp3) is 0.375. The second-order valence-electron chi connectivity index (χ2n) is 7.26. The van der Waals surface area contributed by atoms with Crippen molar-refractivity contribution in [2.75, 3.05) is 54.7 Å². The van der Waals surface area contributed by atoms with E-state index < -0.39 is 5.63 Å². The molecule has 0 saturated heterocycles. The van der Waals surface area contributed by atoms with Crippen LogP contribution >= 0.6 is 0 Å². The molecule has 0 amide bonds. The summed E-state index contributed by atoms with van der Waals surface area (Å²) < 4.78 is 26.8. The first-order valence-electron chi connectivity index (χ1n) is 10.2. The number of aromatic hydroxyl groups is 1. The number of methoxy groups -OCH3 is 4. The van der Waals surface area contributed by atoms with Gasteiger partial charge < -0.3 is 28.5 Å². The van der Waals surface area contributed by atoms with Crippen molar-refractivity contribution in [3.63, 3.8) is 0 Å². The normalized spacial score (nSPS) is 11.3. The lowest BCUT2D eigenvalue weighted by molar-refractivity contribution is 0.110. The highest BCUT2D eigenvalue weighted by molar-refractivity contribution is 5.86. The van der Waals surface area contributed by atoms with E-state index in [0.29, 0.717) is 72.0 Å². The highest BCUT2D eigenvalue weighted by Crippen LogP contribution is 2.35. The minimum absolute atomic E-state index is 0.0651. The van der Waals surface area contributed by atoms with Crippen molar-refractivity contribution in [3.05, 3.63) is 52.4 Å². The van der Waals surface area contributed by atoms with Gasteiger partial charge in [0.15, 0.2) is 0 Å². The molecule has 0 aliphatic heterocycles. The SMILES string of the molecule is COCCN(CCOC)Cc1c(O)ccc2cc(-c3ccc(OC)cc3OC)c(=O)oc12. The molecule has 0 fully saturated rings. The Balaban J connectivity index is 2.06. The number of nitrogens with zero attached hydrogens (tertiary/aromatic N) is 1. The molecule has 0 aliphatic carbocycles. The molecular formula is C24H29NO7. The van der Waals surface area contributed by atoms with Gasteiger partial charge in [-0.3, -0.25) is 4.90 Å². The summed E-state index contributed by atoms with van der Waals surface area (Å²) in [5, 5.41) is 11.2. The fourth-order valence-corrected chi connectivity index (χ4v) is 3.53. The molecule has 3 rings (SSSR count).